The minimum atomic E-state index is -0.964. The molecule has 1 aromatic heterocycles. The van der Waals surface area contributed by atoms with Gasteiger partial charge in [0.25, 0.3) is 0 Å². The van der Waals surface area contributed by atoms with E-state index >= 15 is 0 Å². The molecule has 0 saturated carbocycles. The van der Waals surface area contributed by atoms with Crippen LogP contribution in [-0.4, -0.2) is 34.6 Å². The lowest BCUT2D eigenvalue weighted by atomic mass is 10.1. The van der Waals surface area contributed by atoms with Crippen LogP contribution in [0.3, 0.4) is 0 Å². The maximum Gasteiger partial charge on any atom is 0.517 e. The van der Waals surface area contributed by atoms with Gasteiger partial charge in [0.05, 0.1) is 11.0 Å². The maximum atomic E-state index is 11.8. The summed E-state index contributed by atoms with van der Waals surface area (Å²) in [6.45, 7) is 2.24. The highest BCUT2D eigenvalue weighted by Crippen LogP contribution is 2.29. The van der Waals surface area contributed by atoms with E-state index < -0.39 is 12.2 Å². The Morgan fingerprint density at radius 3 is 2.62 bits per heavy atom. The first-order chi connectivity index (χ1) is 16.6. The third-order valence-corrected chi connectivity index (χ3v) is 6.87. The molecule has 34 heavy (non-hydrogen) atoms. The molecule has 0 aliphatic heterocycles. The van der Waals surface area contributed by atoms with Crippen LogP contribution in [0, 0.1) is 12.3 Å². The van der Waals surface area contributed by atoms with Gasteiger partial charge in [0.15, 0.2) is 5.16 Å². The number of aromatic amines is 1. The molecule has 174 valence electrons. The second-order valence-corrected chi connectivity index (χ2v) is 9.24. The Morgan fingerprint density at radius 2 is 1.79 bits per heavy atom. The van der Waals surface area contributed by atoms with Gasteiger partial charge in [-0.1, -0.05) is 54.2 Å². The normalized spacial score (nSPS) is 10.7. The predicted octanol–water partition coefficient (Wildman–Crippen LogP) is 6.42. The first kappa shape index (κ1) is 23.7. The molecule has 0 fully saturated rings. The number of imidazole rings is 1. The molecule has 0 aliphatic rings. The highest BCUT2D eigenvalue weighted by molar-refractivity contribution is 7.99. The quantitative estimate of drug-likeness (QED) is 0.0960. The number of rotatable bonds is 8. The number of nitrogens with zero attached hydrogens (tertiary/aromatic N) is 1. The Labute approximate surface area is 205 Å². The van der Waals surface area contributed by atoms with Crippen LogP contribution in [-0.2, 0) is 15.2 Å². The number of ether oxygens (including phenoxy) is 3. The second kappa shape index (κ2) is 11.6. The van der Waals surface area contributed by atoms with Crippen molar-refractivity contribution in [2.75, 3.05) is 12.4 Å². The SMILES string of the molecule is Cc1c(CSc2nc3ccccc3[nH]2)cccc1SCCOC(=O)OC(=N)Oc1ccccc1. The molecule has 0 amide bonds. The van der Waals surface area contributed by atoms with Crippen molar-refractivity contribution in [3.05, 3.63) is 83.9 Å². The smallest absolute Gasteiger partial charge is 0.433 e. The van der Waals surface area contributed by atoms with Crippen molar-refractivity contribution in [3.63, 3.8) is 0 Å². The Hall–Kier alpha value is -3.43. The molecule has 0 atom stereocenters. The monoisotopic (exact) mass is 493 g/mol. The maximum absolute atomic E-state index is 11.8. The Bertz CT molecular complexity index is 1240. The van der Waals surface area contributed by atoms with Gasteiger partial charge < -0.3 is 19.2 Å². The summed E-state index contributed by atoms with van der Waals surface area (Å²) in [5.74, 6) is 1.76. The van der Waals surface area contributed by atoms with Crippen LogP contribution in [0.1, 0.15) is 11.1 Å². The number of carbonyl (C=O) groups is 1. The number of benzene rings is 3. The summed E-state index contributed by atoms with van der Waals surface area (Å²) in [7, 11) is 0. The largest absolute Gasteiger partial charge is 0.517 e. The molecule has 9 heteroatoms. The third-order valence-electron chi connectivity index (χ3n) is 4.82. The number of nitrogens with one attached hydrogen (secondary N) is 2. The number of aromatic nitrogens is 2. The van der Waals surface area contributed by atoms with Crippen molar-refractivity contribution in [1.82, 2.24) is 9.97 Å². The van der Waals surface area contributed by atoms with Crippen LogP contribution in [0.5, 0.6) is 5.75 Å². The molecular formula is C25H23N3O4S2. The summed E-state index contributed by atoms with van der Waals surface area (Å²) >= 11 is 3.27. The zero-order valence-corrected chi connectivity index (χ0v) is 20.1. The summed E-state index contributed by atoms with van der Waals surface area (Å²) in [5, 5.41) is 8.49. The van der Waals surface area contributed by atoms with Crippen molar-refractivity contribution >= 4 is 46.8 Å². The van der Waals surface area contributed by atoms with Crippen molar-refractivity contribution in [2.45, 2.75) is 22.7 Å². The molecule has 0 unspecified atom stereocenters. The van der Waals surface area contributed by atoms with E-state index in [1.165, 1.54) is 11.1 Å². The molecule has 0 aliphatic carbocycles. The molecule has 7 nitrogen and oxygen atoms in total. The Kier molecular flexibility index (Phi) is 8.11. The highest BCUT2D eigenvalue weighted by Gasteiger charge is 2.12. The van der Waals surface area contributed by atoms with Crippen LogP contribution >= 0.6 is 23.5 Å². The summed E-state index contributed by atoms with van der Waals surface area (Å²) in [4.78, 5) is 20.9. The van der Waals surface area contributed by atoms with Crippen LogP contribution in [0.25, 0.3) is 11.0 Å². The van der Waals surface area contributed by atoms with Gasteiger partial charge >= 0.3 is 12.2 Å². The Morgan fingerprint density at radius 1 is 1.00 bits per heavy atom. The predicted molar refractivity (Wildman–Crippen MR) is 135 cm³/mol. The van der Waals surface area contributed by atoms with E-state index in [0.29, 0.717) is 11.5 Å². The third kappa shape index (κ3) is 6.55. The van der Waals surface area contributed by atoms with E-state index in [4.69, 9.17) is 19.6 Å². The summed E-state index contributed by atoms with van der Waals surface area (Å²) in [6.07, 6.45) is -1.59. The van der Waals surface area contributed by atoms with Gasteiger partial charge in [-0.05, 0) is 48.4 Å². The van der Waals surface area contributed by atoms with E-state index in [2.05, 4.69) is 29.0 Å². The van der Waals surface area contributed by atoms with E-state index in [0.717, 1.165) is 26.8 Å². The highest BCUT2D eigenvalue weighted by atomic mass is 32.2. The molecule has 0 bridgehead atoms. The first-order valence-electron chi connectivity index (χ1n) is 10.5. The fourth-order valence-electron chi connectivity index (χ4n) is 3.11. The van der Waals surface area contributed by atoms with Crippen molar-refractivity contribution < 1.29 is 19.0 Å². The number of hydrogen-bond acceptors (Lipinski definition) is 8. The van der Waals surface area contributed by atoms with Crippen LogP contribution in [0.4, 0.5) is 4.79 Å². The molecule has 1 heterocycles. The van der Waals surface area contributed by atoms with Gasteiger partial charge in [-0.25, -0.2) is 15.2 Å². The number of carbonyl (C=O) groups excluding carboxylic acids is 1. The van der Waals surface area contributed by atoms with Gasteiger partial charge in [0.2, 0.25) is 0 Å². The molecule has 4 rings (SSSR count). The molecular weight excluding hydrogens is 470 g/mol. The zero-order valence-electron chi connectivity index (χ0n) is 18.4. The van der Waals surface area contributed by atoms with Crippen molar-refractivity contribution in [3.8, 4) is 5.75 Å². The topological polar surface area (TPSA) is 97.3 Å². The standard InChI is InChI=1S/C25H23N3O4S2/c1-17-18(16-34-24-27-20-11-5-6-12-21(20)28-24)8-7-13-22(17)33-15-14-30-25(29)32-23(26)31-19-9-3-2-4-10-19/h2-13,26H,14-16H2,1H3,(H,27,28). The van der Waals surface area contributed by atoms with E-state index in [1.54, 1.807) is 47.8 Å². The lowest BCUT2D eigenvalue weighted by Crippen LogP contribution is -2.18. The second-order valence-electron chi connectivity index (χ2n) is 7.14. The summed E-state index contributed by atoms with van der Waals surface area (Å²) in [6, 6.07) is 22.8. The van der Waals surface area contributed by atoms with Gasteiger partial charge in [-0.15, -0.1) is 11.8 Å². The zero-order chi connectivity index (χ0) is 23.8. The van der Waals surface area contributed by atoms with E-state index in [9.17, 15) is 4.79 Å². The number of H-pyrrole nitrogens is 1. The van der Waals surface area contributed by atoms with Gasteiger partial charge in [-0.2, -0.15) is 0 Å². The minimum absolute atomic E-state index is 0.152. The Balaban J connectivity index is 1.21. The minimum Gasteiger partial charge on any atom is -0.433 e. The fourth-order valence-corrected chi connectivity index (χ4v) is 4.97. The van der Waals surface area contributed by atoms with E-state index in [1.807, 2.05) is 36.4 Å². The lowest BCUT2D eigenvalue weighted by molar-refractivity contribution is 0.0919. The summed E-state index contributed by atoms with van der Waals surface area (Å²) in [5.41, 5.74) is 4.41. The lowest BCUT2D eigenvalue weighted by Gasteiger charge is -2.11. The molecule has 2 N–H and O–H groups in total. The van der Waals surface area contributed by atoms with Crippen molar-refractivity contribution in [2.24, 2.45) is 0 Å². The number of para-hydroxylation sites is 3. The van der Waals surface area contributed by atoms with Crippen molar-refractivity contribution in [1.29, 1.82) is 5.41 Å². The van der Waals surface area contributed by atoms with Crippen LogP contribution in [0.15, 0.2) is 82.8 Å². The average Bonchev–Trinajstić information content (AvgIpc) is 3.25. The van der Waals surface area contributed by atoms with E-state index in [-0.39, 0.29) is 6.61 Å². The van der Waals surface area contributed by atoms with Gasteiger partial charge in [0.1, 0.15) is 12.4 Å². The van der Waals surface area contributed by atoms with Crippen LogP contribution in [0.2, 0.25) is 0 Å². The molecule has 4 aromatic rings. The molecule has 0 saturated heterocycles. The summed E-state index contributed by atoms with van der Waals surface area (Å²) < 4.78 is 14.9. The molecule has 0 radical (unpaired) electrons. The van der Waals surface area contributed by atoms with Crippen LogP contribution < -0.4 is 4.74 Å². The molecule has 3 aromatic carbocycles. The average molecular weight is 494 g/mol. The first-order valence-corrected chi connectivity index (χ1v) is 12.5. The number of thioether (sulfide) groups is 2. The molecule has 0 spiro atoms. The van der Waals surface area contributed by atoms with Gasteiger partial charge in [0, 0.05) is 16.4 Å². The number of hydrogen-bond donors (Lipinski definition) is 2. The fraction of sp³-hybridized carbons (Fsp3) is 0.160. The van der Waals surface area contributed by atoms with Gasteiger partial charge in [-0.3, -0.25) is 0 Å². The number of fused-ring (bicyclic) bond motifs is 1.